The van der Waals surface area contributed by atoms with Gasteiger partial charge in [0.1, 0.15) is 11.5 Å². The fourth-order valence-electron chi connectivity index (χ4n) is 2.91. The lowest BCUT2D eigenvalue weighted by Gasteiger charge is -2.22. The number of carbonyl (C=O) groups is 1. The van der Waals surface area contributed by atoms with Gasteiger partial charge in [-0.1, -0.05) is 0 Å². The molecule has 140 valence electrons. The molecule has 1 amide bonds. The largest absolute Gasteiger partial charge is 0.372 e. The van der Waals surface area contributed by atoms with E-state index in [9.17, 15) is 4.79 Å². The molecule has 0 aliphatic rings. The van der Waals surface area contributed by atoms with Crippen LogP contribution >= 0.6 is 0 Å². The standard InChI is InChI=1S/C20H29N5O/c1-6-24(7-2)16-10-11-17(15(5)12-16)23-20(26)18-13-22-19(14-21-18)25(8-3)9-4/h10-14H,6-9H2,1-5H3,(H,23,26). The molecule has 2 aromatic rings. The molecule has 0 unspecified atom stereocenters. The minimum absolute atomic E-state index is 0.248. The first-order chi connectivity index (χ1) is 12.5. The summed E-state index contributed by atoms with van der Waals surface area (Å²) in [5.74, 6) is 0.536. The second-order valence-corrected chi connectivity index (χ2v) is 6.06. The Labute approximate surface area is 156 Å². The Kier molecular flexibility index (Phi) is 6.95. The maximum absolute atomic E-state index is 12.5. The van der Waals surface area contributed by atoms with E-state index < -0.39 is 0 Å². The molecule has 6 heteroatoms. The van der Waals surface area contributed by atoms with Crippen LogP contribution in [0.3, 0.4) is 0 Å². The third-order valence-electron chi connectivity index (χ3n) is 4.55. The zero-order valence-electron chi connectivity index (χ0n) is 16.4. The lowest BCUT2D eigenvalue weighted by molar-refractivity contribution is 0.102. The minimum Gasteiger partial charge on any atom is -0.372 e. The van der Waals surface area contributed by atoms with Gasteiger partial charge in [0.2, 0.25) is 0 Å². The molecule has 1 aromatic heterocycles. The predicted octanol–water partition coefficient (Wildman–Crippen LogP) is 3.73. The molecule has 0 atom stereocenters. The van der Waals surface area contributed by atoms with Crippen LogP contribution in [0.2, 0.25) is 0 Å². The molecule has 0 spiro atoms. The summed E-state index contributed by atoms with van der Waals surface area (Å²) in [4.78, 5) is 25.5. The highest BCUT2D eigenvalue weighted by Crippen LogP contribution is 2.23. The van der Waals surface area contributed by atoms with E-state index >= 15 is 0 Å². The molecule has 1 aromatic carbocycles. The zero-order chi connectivity index (χ0) is 19.1. The first-order valence-electron chi connectivity index (χ1n) is 9.27. The van der Waals surface area contributed by atoms with E-state index in [-0.39, 0.29) is 5.91 Å². The number of hydrogen-bond donors (Lipinski definition) is 1. The number of amides is 1. The van der Waals surface area contributed by atoms with Crippen LogP contribution in [0.1, 0.15) is 43.7 Å². The summed E-state index contributed by atoms with van der Waals surface area (Å²) in [6.07, 6.45) is 3.18. The molecule has 0 aliphatic heterocycles. The van der Waals surface area contributed by atoms with Gasteiger partial charge in [0.15, 0.2) is 0 Å². The van der Waals surface area contributed by atoms with Crippen molar-refractivity contribution in [1.82, 2.24) is 9.97 Å². The Morgan fingerprint density at radius 2 is 1.62 bits per heavy atom. The van der Waals surface area contributed by atoms with Gasteiger partial charge in [0, 0.05) is 37.6 Å². The van der Waals surface area contributed by atoms with Crippen LogP contribution in [0.4, 0.5) is 17.2 Å². The molecule has 6 nitrogen and oxygen atoms in total. The van der Waals surface area contributed by atoms with Crippen molar-refractivity contribution in [3.63, 3.8) is 0 Å². The quantitative estimate of drug-likeness (QED) is 0.782. The Bertz CT molecular complexity index is 721. The summed E-state index contributed by atoms with van der Waals surface area (Å²) < 4.78 is 0. The van der Waals surface area contributed by atoms with E-state index in [4.69, 9.17) is 0 Å². The number of aromatic nitrogens is 2. The Morgan fingerprint density at radius 1 is 0.962 bits per heavy atom. The highest BCUT2D eigenvalue weighted by atomic mass is 16.1. The number of rotatable bonds is 8. The molecular formula is C20H29N5O. The van der Waals surface area contributed by atoms with Crippen molar-refractivity contribution in [2.24, 2.45) is 0 Å². The van der Waals surface area contributed by atoms with Gasteiger partial charge >= 0.3 is 0 Å². The van der Waals surface area contributed by atoms with E-state index in [2.05, 4.69) is 58.8 Å². The highest BCUT2D eigenvalue weighted by molar-refractivity contribution is 6.03. The summed E-state index contributed by atoms with van der Waals surface area (Å²) in [6, 6.07) is 6.07. The molecule has 1 N–H and O–H groups in total. The van der Waals surface area contributed by atoms with Crippen molar-refractivity contribution >= 4 is 23.1 Å². The number of nitrogens with one attached hydrogen (secondary N) is 1. The number of carbonyl (C=O) groups excluding carboxylic acids is 1. The maximum atomic E-state index is 12.5. The second-order valence-electron chi connectivity index (χ2n) is 6.06. The van der Waals surface area contributed by atoms with Crippen molar-refractivity contribution < 1.29 is 4.79 Å². The van der Waals surface area contributed by atoms with E-state index in [0.29, 0.717) is 5.69 Å². The molecule has 0 bridgehead atoms. The van der Waals surface area contributed by atoms with E-state index in [1.165, 1.54) is 6.20 Å². The lowest BCUT2D eigenvalue weighted by Crippen LogP contribution is -2.24. The number of anilines is 3. The highest BCUT2D eigenvalue weighted by Gasteiger charge is 2.12. The van der Waals surface area contributed by atoms with Crippen LogP contribution in [0.5, 0.6) is 0 Å². The molecule has 26 heavy (non-hydrogen) atoms. The van der Waals surface area contributed by atoms with Gasteiger partial charge in [-0.2, -0.15) is 0 Å². The normalized spacial score (nSPS) is 10.5. The number of nitrogens with zero attached hydrogens (tertiary/aromatic N) is 4. The van der Waals surface area contributed by atoms with Gasteiger partial charge in [-0.15, -0.1) is 0 Å². The van der Waals surface area contributed by atoms with Gasteiger partial charge in [0.25, 0.3) is 5.91 Å². The molecule has 2 rings (SSSR count). The second kappa shape index (κ2) is 9.17. The number of benzene rings is 1. The summed E-state index contributed by atoms with van der Waals surface area (Å²) in [5.41, 5.74) is 3.29. The average molecular weight is 355 g/mol. The van der Waals surface area contributed by atoms with E-state index in [1.807, 2.05) is 19.1 Å². The molecule has 0 fully saturated rings. The fourth-order valence-corrected chi connectivity index (χ4v) is 2.91. The average Bonchev–Trinajstić information content (AvgIpc) is 2.66. The molecule has 1 heterocycles. The minimum atomic E-state index is -0.248. The first-order valence-corrected chi connectivity index (χ1v) is 9.27. The topological polar surface area (TPSA) is 61.4 Å². The van der Waals surface area contributed by atoms with Gasteiger partial charge in [-0.05, 0) is 58.4 Å². The van der Waals surface area contributed by atoms with Gasteiger partial charge < -0.3 is 15.1 Å². The van der Waals surface area contributed by atoms with Crippen molar-refractivity contribution in [3.05, 3.63) is 41.9 Å². The number of aryl methyl sites for hydroxylation is 1. The van der Waals surface area contributed by atoms with Crippen LogP contribution in [0, 0.1) is 6.92 Å². The Morgan fingerprint density at radius 3 is 2.12 bits per heavy atom. The fraction of sp³-hybridized carbons (Fsp3) is 0.450. The smallest absolute Gasteiger partial charge is 0.275 e. The van der Waals surface area contributed by atoms with Crippen LogP contribution in [0.15, 0.2) is 30.6 Å². The third-order valence-corrected chi connectivity index (χ3v) is 4.55. The van der Waals surface area contributed by atoms with E-state index in [1.54, 1.807) is 6.20 Å². The molecular weight excluding hydrogens is 326 g/mol. The molecule has 0 saturated carbocycles. The van der Waals surface area contributed by atoms with Crippen LogP contribution < -0.4 is 15.1 Å². The van der Waals surface area contributed by atoms with Gasteiger partial charge in [0.05, 0.1) is 12.4 Å². The van der Waals surface area contributed by atoms with Crippen molar-refractivity contribution in [1.29, 1.82) is 0 Å². The molecule has 0 radical (unpaired) electrons. The van der Waals surface area contributed by atoms with Crippen molar-refractivity contribution in [3.8, 4) is 0 Å². The molecule has 0 saturated heterocycles. The monoisotopic (exact) mass is 355 g/mol. The third kappa shape index (κ3) is 4.50. The lowest BCUT2D eigenvalue weighted by atomic mass is 10.1. The maximum Gasteiger partial charge on any atom is 0.275 e. The predicted molar refractivity (Wildman–Crippen MR) is 108 cm³/mol. The number of hydrogen-bond acceptors (Lipinski definition) is 5. The summed E-state index contributed by atoms with van der Waals surface area (Å²) >= 11 is 0. The van der Waals surface area contributed by atoms with Crippen molar-refractivity contribution in [2.45, 2.75) is 34.6 Å². The van der Waals surface area contributed by atoms with Gasteiger partial charge in [-0.3, -0.25) is 4.79 Å². The van der Waals surface area contributed by atoms with Crippen LogP contribution in [-0.2, 0) is 0 Å². The summed E-state index contributed by atoms with van der Waals surface area (Å²) in [7, 11) is 0. The molecule has 0 aliphatic carbocycles. The van der Waals surface area contributed by atoms with Crippen LogP contribution in [-0.4, -0.2) is 42.1 Å². The van der Waals surface area contributed by atoms with Crippen molar-refractivity contribution in [2.75, 3.05) is 41.3 Å². The summed E-state index contributed by atoms with van der Waals surface area (Å²) in [6.45, 7) is 14.0. The Hall–Kier alpha value is -2.63. The van der Waals surface area contributed by atoms with Crippen LogP contribution in [0.25, 0.3) is 0 Å². The SMILES string of the molecule is CCN(CC)c1ccc(NC(=O)c2cnc(N(CC)CC)cn2)c(C)c1. The first kappa shape index (κ1) is 19.7. The van der Waals surface area contributed by atoms with E-state index in [0.717, 1.165) is 48.9 Å². The Balaban J connectivity index is 2.12. The van der Waals surface area contributed by atoms with Gasteiger partial charge in [-0.25, -0.2) is 9.97 Å². The zero-order valence-corrected chi connectivity index (χ0v) is 16.4. The summed E-state index contributed by atoms with van der Waals surface area (Å²) in [5, 5.41) is 2.93.